The van der Waals surface area contributed by atoms with E-state index in [2.05, 4.69) is 4.90 Å². The number of carbonyl (C=O) groups is 2. The Morgan fingerprint density at radius 3 is 2.72 bits per heavy atom. The van der Waals surface area contributed by atoms with E-state index in [0.29, 0.717) is 44.2 Å². The molecule has 7 nitrogen and oxygen atoms in total. The SMILES string of the molecule is C[C@@H](COC(=O)c1cccc(N2CCOCC2=O)c1)N1CCOCC1. The van der Waals surface area contributed by atoms with Crippen molar-refractivity contribution in [3.8, 4) is 0 Å². The topological polar surface area (TPSA) is 68.3 Å². The molecule has 0 aromatic heterocycles. The second-order valence-electron chi connectivity index (χ2n) is 6.24. The molecule has 2 saturated heterocycles. The number of hydrogen-bond donors (Lipinski definition) is 0. The highest BCUT2D eigenvalue weighted by Gasteiger charge is 2.22. The summed E-state index contributed by atoms with van der Waals surface area (Å²) in [6.45, 7) is 6.58. The smallest absolute Gasteiger partial charge is 0.338 e. The average Bonchev–Trinajstić information content (AvgIpc) is 2.67. The van der Waals surface area contributed by atoms with Gasteiger partial charge in [-0.2, -0.15) is 0 Å². The normalized spacial score (nSPS) is 20.4. The van der Waals surface area contributed by atoms with Crippen molar-refractivity contribution < 1.29 is 23.8 Å². The van der Waals surface area contributed by atoms with Crippen molar-refractivity contribution in [3.05, 3.63) is 29.8 Å². The maximum atomic E-state index is 12.4. The van der Waals surface area contributed by atoms with E-state index in [4.69, 9.17) is 14.2 Å². The van der Waals surface area contributed by atoms with E-state index in [9.17, 15) is 9.59 Å². The zero-order valence-electron chi connectivity index (χ0n) is 14.5. The Kier molecular flexibility index (Phi) is 6.01. The molecule has 0 unspecified atom stereocenters. The Labute approximate surface area is 147 Å². The first-order chi connectivity index (χ1) is 12.1. The van der Waals surface area contributed by atoms with Gasteiger partial charge in [0.1, 0.15) is 13.2 Å². The number of carbonyl (C=O) groups excluding carboxylic acids is 2. The molecule has 7 heteroatoms. The molecule has 2 aliphatic rings. The van der Waals surface area contributed by atoms with E-state index in [-0.39, 0.29) is 24.5 Å². The molecule has 25 heavy (non-hydrogen) atoms. The number of morpholine rings is 2. The van der Waals surface area contributed by atoms with Crippen LogP contribution in [0.5, 0.6) is 0 Å². The van der Waals surface area contributed by atoms with E-state index in [1.807, 2.05) is 13.0 Å². The van der Waals surface area contributed by atoms with Crippen molar-refractivity contribution in [1.82, 2.24) is 4.90 Å². The predicted octanol–water partition coefficient (Wildman–Crippen LogP) is 0.927. The molecular weight excluding hydrogens is 324 g/mol. The van der Waals surface area contributed by atoms with Crippen LogP contribution in [0.2, 0.25) is 0 Å². The Hall–Kier alpha value is -1.96. The fourth-order valence-electron chi connectivity index (χ4n) is 3.00. The summed E-state index contributed by atoms with van der Waals surface area (Å²) in [5.41, 5.74) is 1.15. The molecule has 0 N–H and O–H groups in total. The maximum absolute atomic E-state index is 12.4. The largest absolute Gasteiger partial charge is 0.460 e. The maximum Gasteiger partial charge on any atom is 0.338 e. The van der Waals surface area contributed by atoms with Gasteiger partial charge in [-0.05, 0) is 25.1 Å². The minimum Gasteiger partial charge on any atom is -0.460 e. The van der Waals surface area contributed by atoms with Crippen molar-refractivity contribution >= 4 is 17.6 Å². The van der Waals surface area contributed by atoms with Gasteiger partial charge in [0.05, 0.1) is 25.4 Å². The predicted molar refractivity (Wildman–Crippen MR) is 91.8 cm³/mol. The first-order valence-electron chi connectivity index (χ1n) is 8.62. The van der Waals surface area contributed by atoms with Gasteiger partial charge in [-0.25, -0.2) is 4.79 Å². The fraction of sp³-hybridized carbons (Fsp3) is 0.556. The molecule has 2 fully saturated rings. The zero-order valence-corrected chi connectivity index (χ0v) is 14.5. The molecule has 0 aliphatic carbocycles. The summed E-state index contributed by atoms with van der Waals surface area (Å²) >= 11 is 0. The lowest BCUT2D eigenvalue weighted by atomic mass is 10.2. The third-order valence-corrected chi connectivity index (χ3v) is 4.50. The monoisotopic (exact) mass is 348 g/mol. The van der Waals surface area contributed by atoms with Gasteiger partial charge in [0.15, 0.2) is 0 Å². The molecule has 0 bridgehead atoms. The van der Waals surface area contributed by atoms with Gasteiger partial charge in [-0.15, -0.1) is 0 Å². The number of ether oxygens (including phenoxy) is 3. The summed E-state index contributed by atoms with van der Waals surface area (Å²) < 4.78 is 15.9. The van der Waals surface area contributed by atoms with Crippen LogP contribution in [0.25, 0.3) is 0 Å². The molecule has 0 spiro atoms. The molecule has 1 atom stereocenters. The Balaban J connectivity index is 1.58. The summed E-state index contributed by atoms with van der Waals surface area (Å²) in [5.74, 6) is -0.472. The van der Waals surface area contributed by atoms with Crippen molar-refractivity contribution in [2.45, 2.75) is 13.0 Å². The summed E-state index contributed by atoms with van der Waals surface area (Å²) in [5, 5.41) is 0. The number of benzene rings is 1. The van der Waals surface area contributed by atoms with Crippen molar-refractivity contribution in [1.29, 1.82) is 0 Å². The highest BCUT2D eigenvalue weighted by Crippen LogP contribution is 2.19. The van der Waals surface area contributed by atoms with Crippen LogP contribution in [-0.4, -0.2) is 75.5 Å². The van der Waals surface area contributed by atoms with Crippen LogP contribution in [0, 0.1) is 0 Å². The van der Waals surface area contributed by atoms with Crippen molar-refractivity contribution in [2.24, 2.45) is 0 Å². The first-order valence-corrected chi connectivity index (χ1v) is 8.62. The number of esters is 1. The van der Waals surface area contributed by atoms with Crippen LogP contribution in [0.1, 0.15) is 17.3 Å². The van der Waals surface area contributed by atoms with E-state index >= 15 is 0 Å². The zero-order chi connectivity index (χ0) is 17.6. The lowest BCUT2D eigenvalue weighted by Crippen LogP contribution is -2.44. The van der Waals surface area contributed by atoms with Gasteiger partial charge < -0.3 is 19.1 Å². The summed E-state index contributed by atoms with van der Waals surface area (Å²) in [7, 11) is 0. The fourth-order valence-corrected chi connectivity index (χ4v) is 3.00. The van der Waals surface area contributed by atoms with Gasteiger partial charge in [0, 0.05) is 31.4 Å². The minimum absolute atomic E-state index is 0.0751. The summed E-state index contributed by atoms with van der Waals surface area (Å²) in [6.07, 6.45) is 0. The Bertz CT molecular complexity index is 615. The van der Waals surface area contributed by atoms with Crippen LogP contribution in [0.15, 0.2) is 24.3 Å². The Morgan fingerprint density at radius 2 is 1.96 bits per heavy atom. The highest BCUT2D eigenvalue weighted by molar-refractivity contribution is 5.97. The second kappa shape index (κ2) is 8.42. The van der Waals surface area contributed by atoms with Crippen LogP contribution < -0.4 is 4.90 Å². The molecule has 0 radical (unpaired) electrons. The first kappa shape index (κ1) is 17.8. The Morgan fingerprint density at radius 1 is 1.20 bits per heavy atom. The van der Waals surface area contributed by atoms with E-state index in [1.54, 1.807) is 23.1 Å². The number of amides is 1. The van der Waals surface area contributed by atoms with Gasteiger partial charge in [-0.3, -0.25) is 9.69 Å². The van der Waals surface area contributed by atoms with E-state index in [0.717, 1.165) is 13.1 Å². The molecule has 1 aromatic rings. The molecule has 136 valence electrons. The molecular formula is C18H24N2O5. The number of anilines is 1. The molecule has 0 saturated carbocycles. The lowest BCUT2D eigenvalue weighted by Gasteiger charge is -2.31. The van der Waals surface area contributed by atoms with Gasteiger partial charge in [-0.1, -0.05) is 6.07 Å². The molecule has 1 amide bonds. The van der Waals surface area contributed by atoms with Crippen LogP contribution in [0.3, 0.4) is 0 Å². The molecule has 2 heterocycles. The second-order valence-corrected chi connectivity index (χ2v) is 6.24. The van der Waals surface area contributed by atoms with Crippen LogP contribution in [0.4, 0.5) is 5.69 Å². The molecule has 3 rings (SSSR count). The minimum atomic E-state index is -0.373. The lowest BCUT2D eigenvalue weighted by molar-refractivity contribution is -0.125. The number of nitrogens with zero attached hydrogens (tertiary/aromatic N) is 2. The van der Waals surface area contributed by atoms with Crippen molar-refractivity contribution in [3.63, 3.8) is 0 Å². The third-order valence-electron chi connectivity index (χ3n) is 4.50. The third kappa shape index (κ3) is 4.56. The van der Waals surface area contributed by atoms with Crippen LogP contribution in [-0.2, 0) is 19.0 Å². The van der Waals surface area contributed by atoms with Crippen molar-refractivity contribution in [2.75, 3.05) is 57.6 Å². The van der Waals surface area contributed by atoms with Crippen LogP contribution >= 0.6 is 0 Å². The molecule has 1 aromatic carbocycles. The standard InChI is InChI=1S/C18H24N2O5/c1-14(19-5-8-23-9-6-19)12-25-18(22)15-3-2-4-16(11-15)20-7-10-24-13-17(20)21/h2-4,11,14H,5-10,12-13H2,1H3/t14-/m0/s1. The summed E-state index contributed by atoms with van der Waals surface area (Å²) in [4.78, 5) is 28.2. The average molecular weight is 348 g/mol. The van der Waals surface area contributed by atoms with E-state index in [1.165, 1.54) is 0 Å². The summed E-state index contributed by atoms with van der Waals surface area (Å²) in [6, 6.07) is 7.13. The highest BCUT2D eigenvalue weighted by atomic mass is 16.5. The van der Waals surface area contributed by atoms with E-state index < -0.39 is 0 Å². The van der Waals surface area contributed by atoms with Gasteiger partial charge in [0.2, 0.25) is 0 Å². The quantitative estimate of drug-likeness (QED) is 0.738. The molecule has 2 aliphatic heterocycles. The number of hydrogen-bond acceptors (Lipinski definition) is 6. The van der Waals surface area contributed by atoms with Gasteiger partial charge >= 0.3 is 5.97 Å². The van der Waals surface area contributed by atoms with Gasteiger partial charge in [0.25, 0.3) is 5.91 Å². The number of rotatable bonds is 5.